The van der Waals surface area contributed by atoms with Crippen LogP contribution in [-0.2, 0) is 14.3 Å². The van der Waals surface area contributed by atoms with Crippen molar-refractivity contribution in [2.45, 2.75) is 19.4 Å². The number of hydrogen-bond donors (Lipinski definition) is 2. The maximum absolute atomic E-state index is 12.2. The fourth-order valence-corrected chi connectivity index (χ4v) is 3.28. The first-order chi connectivity index (χ1) is 13.2. The van der Waals surface area contributed by atoms with Gasteiger partial charge in [0.25, 0.3) is 11.8 Å². The zero-order valence-electron chi connectivity index (χ0n) is 16.2. The van der Waals surface area contributed by atoms with Gasteiger partial charge in [0.05, 0.1) is 24.3 Å². The number of morpholine rings is 1. The third-order valence-electron chi connectivity index (χ3n) is 5.10. The number of nitrogens with zero attached hydrogens (tertiary/aromatic N) is 2. The Labute approximate surface area is 163 Å². The van der Waals surface area contributed by atoms with Gasteiger partial charge in [0.15, 0.2) is 0 Å². The number of anilines is 1. The Morgan fingerprint density at radius 2 is 1.71 bits per heavy atom. The van der Waals surface area contributed by atoms with Gasteiger partial charge in [-0.3, -0.25) is 29.0 Å². The van der Waals surface area contributed by atoms with Crippen molar-refractivity contribution < 1.29 is 23.9 Å². The van der Waals surface area contributed by atoms with Crippen LogP contribution >= 0.6 is 0 Å². The number of carbonyl (C=O) groups is 4. The van der Waals surface area contributed by atoms with Gasteiger partial charge in [-0.05, 0) is 32.0 Å². The van der Waals surface area contributed by atoms with E-state index in [1.54, 1.807) is 0 Å². The molecule has 0 aliphatic carbocycles. The highest BCUT2D eigenvalue weighted by Gasteiger charge is 2.33. The molecule has 2 N–H and O–H groups in total. The van der Waals surface area contributed by atoms with Crippen molar-refractivity contribution in [1.82, 2.24) is 15.1 Å². The molecule has 2 aliphatic heterocycles. The molecule has 9 nitrogen and oxygen atoms in total. The number of nitrogens with one attached hydrogen (secondary N) is 2. The maximum Gasteiger partial charge on any atom is 0.313 e. The van der Waals surface area contributed by atoms with Crippen molar-refractivity contribution >= 4 is 29.3 Å². The zero-order chi connectivity index (χ0) is 20.5. The molecule has 0 radical (unpaired) electrons. The molecule has 1 saturated heterocycles. The number of ether oxygens (including phenoxy) is 1. The van der Waals surface area contributed by atoms with Crippen LogP contribution in [0.5, 0.6) is 0 Å². The summed E-state index contributed by atoms with van der Waals surface area (Å²) < 4.78 is 5.34. The van der Waals surface area contributed by atoms with E-state index in [0.717, 1.165) is 18.0 Å². The Hall–Kier alpha value is -2.78. The molecule has 1 fully saturated rings. The first-order valence-electron chi connectivity index (χ1n) is 9.09. The lowest BCUT2D eigenvalue weighted by molar-refractivity contribution is -0.136. The van der Waals surface area contributed by atoms with Gasteiger partial charge in [0, 0.05) is 37.9 Å². The number of fused-ring (bicyclic) bond motifs is 1. The highest BCUT2D eigenvalue weighted by molar-refractivity contribution is 6.39. The predicted molar refractivity (Wildman–Crippen MR) is 101 cm³/mol. The average Bonchev–Trinajstić information content (AvgIpc) is 2.90. The molecule has 3 rings (SSSR count). The average molecular weight is 388 g/mol. The van der Waals surface area contributed by atoms with Gasteiger partial charge >= 0.3 is 11.8 Å². The van der Waals surface area contributed by atoms with Gasteiger partial charge in [-0.1, -0.05) is 0 Å². The van der Waals surface area contributed by atoms with Crippen molar-refractivity contribution in [3.8, 4) is 0 Å². The molecule has 0 spiro atoms. The number of hydrogen-bond acceptors (Lipinski definition) is 6. The topological polar surface area (TPSA) is 108 Å². The third-order valence-corrected chi connectivity index (χ3v) is 5.10. The van der Waals surface area contributed by atoms with Crippen LogP contribution in [0.4, 0.5) is 5.69 Å². The smallest absolute Gasteiger partial charge is 0.313 e. The fourth-order valence-electron chi connectivity index (χ4n) is 3.28. The summed E-state index contributed by atoms with van der Waals surface area (Å²) in [5, 5.41) is 5.12. The maximum atomic E-state index is 12.2. The molecule has 0 atom stereocenters. The zero-order valence-corrected chi connectivity index (χ0v) is 16.2. The molecule has 28 heavy (non-hydrogen) atoms. The van der Waals surface area contributed by atoms with E-state index in [9.17, 15) is 19.2 Å². The molecule has 2 heterocycles. The van der Waals surface area contributed by atoms with Crippen molar-refractivity contribution in [2.75, 3.05) is 45.2 Å². The van der Waals surface area contributed by atoms with E-state index >= 15 is 0 Å². The van der Waals surface area contributed by atoms with Crippen LogP contribution in [0, 0.1) is 0 Å². The molecule has 150 valence electrons. The van der Waals surface area contributed by atoms with Gasteiger partial charge in [-0.2, -0.15) is 0 Å². The monoisotopic (exact) mass is 388 g/mol. The second-order valence-electron chi connectivity index (χ2n) is 7.48. The van der Waals surface area contributed by atoms with Gasteiger partial charge in [0.1, 0.15) is 0 Å². The van der Waals surface area contributed by atoms with E-state index in [1.807, 2.05) is 13.8 Å². The first kappa shape index (κ1) is 20.0. The third kappa shape index (κ3) is 3.90. The van der Waals surface area contributed by atoms with E-state index < -0.39 is 17.7 Å². The van der Waals surface area contributed by atoms with Crippen molar-refractivity contribution in [3.05, 3.63) is 29.3 Å². The molecule has 1 aromatic rings. The number of rotatable bonds is 4. The Kier molecular flexibility index (Phi) is 5.48. The highest BCUT2D eigenvalue weighted by atomic mass is 16.5. The summed E-state index contributed by atoms with van der Waals surface area (Å²) in [6, 6.07) is 4.36. The van der Waals surface area contributed by atoms with Gasteiger partial charge < -0.3 is 15.4 Å². The summed E-state index contributed by atoms with van der Waals surface area (Å²) in [5.74, 6) is -2.42. The molecule has 4 amide bonds. The molecular weight excluding hydrogens is 364 g/mol. The summed E-state index contributed by atoms with van der Waals surface area (Å²) in [6.07, 6.45) is 0. The summed E-state index contributed by atoms with van der Waals surface area (Å²) in [5.41, 5.74) is 0.453. The van der Waals surface area contributed by atoms with Crippen LogP contribution in [-0.4, -0.2) is 78.9 Å². The van der Waals surface area contributed by atoms with Crippen LogP contribution in [0.15, 0.2) is 18.2 Å². The van der Waals surface area contributed by atoms with Gasteiger partial charge in [0.2, 0.25) is 0 Å². The largest absolute Gasteiger partial charge is 0.379 e. The van der Waals surface area contributed by atoms with Crippen molar-refractivity contribution in [3.63, 3.8) is 0 Å². The van der Waals surface area contributed by atoms with E-state index in [1.165, 1.54) is 25.2 Å². The lowest BCUT2D eigenvalue weighted by atomic mass is 10.0. The fraction of sp³-hybridized carbons (Fsp3) is 0.474. The van der Waals surface area contributed by atoms with E-state index in [0.29, 0.717) is 19.8 Å². The normalized spacial score (nSPS) is 17.5. The predicted octanol–water partition coefficient (Wildman–Crippen LogP) is 0.0779. The Morgan fingerprint density at radius 1 is 1.07 bits per heavy atom. The molecule has 0 aromatic heterocycles. The van der Waals surface area contributed by atoms with E-state index in [2.05, 4.69) is 15.5 Å². The summed E-state index contributed by atoms with van der Waals surface area (Å²) in [4.78, 5) is 51.5. The number of amides is 4. The van der Waals surface area contributed by atoms with Crippen LogP contribution in [0.25, 0.3) is 0 Å². The van der Waals surface area contributed by atoms with Crippen LogP contribution < -0.4 is 10.6 Å². The minimum absolute atomic E-state index is 0.208. The summed E-state index contributed by atoms with van der Waals surface area (Å²) >= 11 is 0. The van der Waals surface area contributed by atoms with Crippen LogP contribution in [0.2, 0.25) is 0 Å². The first-order valence-corrected chi connectivity index (χ1v) is 9.09. The van der Waals surface area contributed by atoms with E-state index in [-0.39, 0.29) is 28.3 Å². The number of imide groups is 1. The SMILES string of the molecule is CN1C(=O)c2ccc(NC(=O)C(=O)NCC(C)(C)N3CCOCC3)cc2C1=O. The second-order valence-corrected chi connectivity index (χ2v) is 7.48. The van der Waals surface area contributed by atoms with Crippen LogP contribution in [0.3, 0.4) is 0 Å². The molecule has 0 unspecified atom stereocenters. The van der Waals surface area contributed by atoms with Crippen LogP contribution in [0.1, 0.15) is 34.6 Å². The van der Waals surface area contributed by atoms with Gasteiger partial charge in [-0.15, -0.1) is 0 Å². The summed E-state index contributed by atoms with van der Waals surface area (Å²) in [6.45, 7) is 7.13. The standard InChI is InChI=1S/C19H24N4O5/c1-19(2,23-6-8-28-9-7-23)11-20-15(24)16(25)21-12-4-5-13-14(10-12)18(27)22(3)17(13)26/h4-5,10H,6-9,11H2,1-3H3,(H,20,24)(H,21,25). The molecular formula is C19H24N4O5. The van der Waals surface area contributed by atoms with Gasteiger partial charge in [-0.25, -0.2) is 0 Å². The number of benzene rings is 1. The summed E-state index contributed by atoms with van der Waals surface area (Å²) in [7, 11) is 1.40. The lowest BCUT2D eigenvalue weighted by Crippen LogP contribution is -2.56. The molecule has 0 bridgehead atoms. The molecule has 2 aliphatic rings. The molecule has 9 heteroatoms. The van der Waals surface area contributed by atoms with Crippen molar-refractivity contribution in [1.29, 1.82) is 0 Å². The minimum Gasteiger partial charge on any atom is -0.379 e. The van der Waals surface area contributed by atoms with E-state index in [4.69, 9.17) is 4.74 Å². The molecule has 0 saturated carbocycles. The second kappa shape index (κ2) is 7.69. The number of carbonyl (C=O) groups excluding carboxylic acids is 4. The molecule has 1 aromatic carbocycles. The quantitative estimate of drug-likeness (QED) is 0.559. The lowest BCUT2D eigenvalue weighted by Gasteiger charge is -2.40. The Morgan fingerprint density at radius 3 is 2.39 bits per heavy atom. The minimum atomic E-state index is -0.831. The Balaban J connectivity index is 1.58. The highest BCUT2D eigenvalue weighted by Crippen LogP contribution is 2.24. The Bertz CT molecular complexity index is 830. The van der Waals surface area contributed by atoms with Crippen molar-refractivity contribution in [2.24, 2.45) is 0 Å².